The van der Waals surface area contributed by atoms with E-state index in [1.807, 2.05) is 9.80 Å². The minimum atomic E-state index is -0.616. The summed E-state index contributed by atoms with van der Waals surface area (Å²) in [5.74, 6) is 1.19. The lowest BCUT2D eigenvalue weighted by Crippen LogP contribution is -2.54. The summed E-state index contributed by atoms with van der Waals surface area (Å²) < 4.78 is 0. The Balaban J connectivity index is 1.22. The average Bonchev–Trinajstić information content (AvgIpc) is 3.07. The number of nitrogens with one attached hydrogen (secondary N) is 2. The number of nitrogens with two attached hydrogens (primary N) is 4. The molecular weight excluding hydrogens is 636 g/mol. The van der Waals surface area contributed by atoms with Gasteiger partial charge in [-0.2, -0.15) is 20.0 Å². The normalized spacial score (nSPS) is 20.9. The Morgan fingerprint density at radius 2 is 1.30 bits per heavy atom. The highest BCUT2D eigenvalue weighted by molar-refractivity contribution is 6.04. The molecule has 0 saturated carbocycles. The van der Waals surface area contributed by atoms with Gasteiger partial charge in [0.25, 0.3) is 5.91 Å². The molecule has 2 saturated heterocycles. The number of hydrogen-bond donors (Lipinski definition) is 7. The Morgan fingerprint density at radius 3 is 1.82 bits per heavy atom. The number of anilines is 6. The Hall–Kier alpha value is -4.41. The number of carbonyl (C=O) groups excluding carboxylic acids is 2. The fraction of sp³-hybridized carbons (Fsp3) is 0.514. The number of nitrogens with zero attached hydrogens (tertiary/aromatic N) is 6. The molecule has 2 fully saturated rings. The van der Waals surface area contributed by atoms with E-state index in [0.29, 0.717) is 85.6 Å². The summed E-state index contributed by atoms with van der Waals surface area (Å²) in [4.78, 5) is 43.5. The summed E-state index contributed by atoms with van der Waals surface area (Å²) >= 11 is 0. The van der Waals surface area contributed by atoms with Gasteiger partial charge in [-0.25, -0.2) is 0 Å². The number of unbranched alkanes of at least 4 members (excludes halogenated alkanes) is 2. The van der Waals surface area contributed by atoms with Crippen LogP contribution in [0.4, 0.5) is 34.9 Å². The number of rotatable bonds is 13. The van der Waals surface area contributed by atoms with E-state index < -0.39 is 5.91 Å². The monoisotopic (exact) mass is 688 g/mol. The van der Waals surface area contributed by atoms with Crippen molar-refractivity contribution in [2.45, 2.75) is 83.0 Å². The van der Waals surface area contributed by atoms with Gasteiger partial charge in [0.15, 0.2) is 0 Å². The Bertz CT molecular complexity index is 1510. The molecule has 0 spiro atoms. The number of benzene rings is 2. The van der Waals surface area contributed by atoms with Crippen LogP contribution in [0.2, 0.25) is 0 Å². The topological polar surface area (TPSA) is 231 Å². The van der Waals surface area contributed by atoms with Crippen LogP contribution in [0.25, 0.3) is 0 Å². The zero-order valence-corrected chi connectivity index (χ0v) is 29.0. The summed E-state index contributed by atoms with van der Waals surface area (Å²) in [5.41, 5.74) is 26.8. The highest BCUT2D eigenvalue weighted by Gasteiger charge is 2.29. The van der Waals surface area contributed by atoms with Crippen LogP contribution in [0.5, 0.6) is 0 Å². The molecule has 0 aliphatic carbocycles. The molecule has 1 aromatic heterocycles. The van der Waals surface area contributed by atoms with Crippen molar-refractivity contribution in [2.24, 2.45) is 28.9 Å². The first-order valence-corrected chi connectivity index (χ1v) is 17.5. The summed E-state index contributed by atoms with van der Waals surface area (Å²) in [6.45, 7) is 6.62. The summed E-state index contributed by atoms with van der Waals surface area (Å²) in [6.07, 6.45) is 6.04. The van der Waals surface area contributed by atoms with Crippen LogP contribution in [-0.4, -0.2) is 82.3 Å². The molecule has 2 aromatic carbocycles. The average molecular weight is 689 g/mol. The van der Waals surface area contributed by atoms with Gasteiger partial charge in [0, 0.05) is 73.7 Å². The molecule has 11 N–H and O–H groups in total. The lowest BCUT2D eigenvalue weighted by Gasteiger charge is -2.37. The lowest BCUT2D eigenvalue weighted by atomic mass is 10.0. The van der Waals surface area contributed by atoms with E-state index in [4.69, 9.17) is 27.9 Å². The molecule has 3 heterocycles. The summed E-state index contributed by atoms with van der Waals surface area (Å²) in [5, 5.41) is 17.4. The second-order valence-corrected chi connectivity index (χ2v) is 14.0. The zero-order valence-electron chi connectivity index (χ0n) is 29.0. The predicted octanol–water partition coefficient (Wildman–Crippen LogP) is 2.93. The maximum Gasteiger partial charge on any atom is 0.281 e. The number of hydrogen-bond acceptors (Lipinski definition) is 13. The number of piperidine rings is 2. The molecule has 2 amide bonds. The molecule has 4 atom stereocenters. The van der Waals surface area contributed by atoms with Gasteiger partial charge >= 0.3 is 0 Å². The molecule has 15 heteroatoms. The van der Waals surface area contributed by atoms with Crippen molar-refractivity contribution in [2.75, 3.05) is 51.7 Å². The first-order valence-electron chi connectivity index (χ1n) is 17.5. The van der Waals surface area contributed by atoms with Crippen LogP contribution >= 0.6 is 0 Å². The van der Waals surface area contributed by atoms with Crippen molar-refractivity contribution >= 4 is 46.7 Å². The Kier molecular flexibility index (Phi) is 12.5. The maximum absolute atomic E-state index is 13.1. The molecule has 2 aliphatic rings. The van der Waals surface area contributed by atoms with Crippen molar-refractivity contribution in [3.8, 4) is 0 Å². The third kappa shape index (κ3) is 10.3. The molecule has 0 bridgehead atoms. The van der Waals surface area contributed by atoms with Gasteiger partial charge < -0.3 is 43.4 Å². The Morgan fingerprint density at radius 1 is 0.780 bits per heavy atom. The SMILES string of the molecule is CC(C)CCCCCC(=O)Nc1ccc(N(O)C(=O)c2ccc(Nc3nc(N4C[C@H](N)C[C@H](N)C4)nc(N4C[C@H](N)C[C@H](N)C4)n3)cc2)cc1. The highest BCUT2D eigenvalue weighted by atomic mass is 16.5. The summed E-state index contributed by atoms with van der Waals surface area (Å²) in [6, 6.07) is 12.6. The fourth-order valence-corrected chi connectivity index (χ4v) is 6.37. The molecule has 50 heavy (non-hydrogen) atoms. The number of amides is 2. The minimum absolute atomic E-state index is 0.0580. The van der Waals surface area contributed by atoms with E-state index in [-0.39, 0.29) is 41.3 Å². The van der Waals surface area contributed by atoms with Gasteiger partial charge in [0.1, 0.15) is 0 Å². The Labute approximate surface area is 293 Å². The van der Waals surface area contributed by atoms with Crippen LogP contribution in [0.15, 0.2) is 48.5 Å². The van der Waals surface area contributed by atoms with E-state index in [0.717, 1.165) is 19.3 Å². The van der Waals surface area contributed by atoms with Crippen LogP contribution < -0.4 is 48.4 Å². The molecule has 270 valence electrons. The first kappa shape index (κ1) is 36.9. The molecule has 15 nitrogen and oxygen atoms in total. The van der Waals surface area contributed by atoms with Gasteiger partial charge in [-0.3, -0.25) is 14.8 Å². The largest absolute Gasteiger partial charge is 0.338 e. The van der Waals surface area contributed by atoms with Crippen molar-refractivity contribution in [1.29, 1.82) is 0 Å². The van der Waals surface area contributed by atoms with Crippen molar-refractivity contribution < 1.29 is 14.8 Å². The third-order valence-electron chi connectivity index (χ3n) is 8.87. The zero-order chi connectivity index (χ0) is 35.8. The van der Waals surface area contributed by atoms with Gasteiger partial charge in [0.2, 0.25) is 23.8 Å². The fourth-order valence-electron chi connectivity index (χ4n) is 6.37. The quantitative estimate of drug-likeness (QED) is 0.0779. The van der Waals surface area contributed by atoms with Crippen LogP contribution in [0, 0.1) is 5.92 Å². The third-order valence-corrected chi connectivity index (χ3v) is 8.87. The minimum Gasteiger partial charge on any atom is -0.338 e. The predicted molar refractivity (Wildman–Crippen MR) is 197 cm³/mol. The van der Waals surface area contributed by atoms with E-state index >= 15 is 0 Å². The van der Waals surface area contributed by atoms with Crippen LogP contribution in [-0.2, 0) is 4.79 Å². The van der Waals surface area contributed by atoms with Crippen LogP contribution in [0.3, 0.4) is 0 Å². The second-order valence-electron chi connectivity index (χ2n) is 14.0. The molecule has 5 rings (SSSR count). The van der Waals surface area contributed by atoms with E-state index in [1.54, 1.807) is 48.5 Å². The van der Waals surface area contributed by atoms with E-state index in [1.165, 1.54) is 6.42 Å². The molecule has 2 aliphatic heterocycles. The number of aromatic nitrogens is 3. The van der Waals surface area contributed by atoms with Gasteiger partial charge in [-0.05, 0) is 73.7 Å². The van der Waals surface area contributed by atoms with E-state index in [9.17, 15) is 14.8 Å². The molecule has 0 unspecified atom stereocenters. The van der Waals surface area contributed by atoms with Gasteiger partial charge in [0.05, 0.1) is 5.69 Å². The molecule has 3 aromatic rings. The molecular formula is C35H52N12O3. The maximum atomic E-state index is 13.1. The molecule has 0 radical (unpaired) electrons. The standard InChI is InChI=1S/C35H52N12O3/c1-22(2)6-4-3-5-7-31(48)40-28-12-14-30(15-13-28)47(50)32(49)23-8-10-29(11-9-23)41-33-42-34(45-18-24(36)16-25(37)19-45)44-35(43-33)46-20-26(38)17-27(39)21-46/h8-15,22,24-27,50H,3-7,16-21,36-39H2,1-2H3,(H,40,48)(H,41,42,43,44)/t24-,25+,26-,27+. The lowest BCUT2D eigenvalue weighted by molar-refractivity contribution is -0.116. The van der Waals surface area contributed by atoms with Gasteiger partial charge in [-0.1, -0.05) is 33.1 Å². The van der Waals surface area contributed by atoms with E-state index in [2.05, 4.69) is 34.4 Å². The van der Waals surface area contributed by atoms with Crippen molar-refractivity contribution in [3.05, 3.63) is 54.1 Å². The number of hydroxylamine groups is 1. The van der Waals surface area contributed by atoms with Gasteiger partial charge in [-0.15, -0.1) is 0 Å². The second kappa shape index (κ2) is 17.0. The van der Waals surface area contributed by atoms with Crippen molar-refractivity contribution in [3.63, 3.8) is 0 Å². The highest BCUT2D eigenvalue weighted by Crippen LogP contribution is 2.25. The summed E-state index contributed by atoms with van der Waals surface area (Å²) in [7, 11) is 0. The van der Waals surface area contributed by atoms with Crippen molar-refractivity contribution in [1.82, 2.24) is 15.0 Å². The number of carbonyl (C=O) groups is 2. The smallest absolute Gasteiger partial charge is 0.281 e. The van der Waals surface area contributed by atoms with Crippen LogP contribution in [0.1, 0.15) is 69.2 Å². The first-order chi connectivity index (χ1) is 23.9.